The van der Waals surface area contributed by atoms with Gasteiger partial charge in [0, 0.05) is 25.3 Å². The van der Waals surface area contributed by atoms with E-state index in [-0.39, 0.29) is 5.75 Å². The number of nitrogens with zero attached hydrogens (tertiary/aromatic N) is 4. The van der Waals surface area contributed by atoms with Crippen LogP contribution in [-0.4, -0.2) is 73.1 Å². The number of hydrogen-bond acceptors (Lipinski definition) is 7. The van der Waals surface area contributed by atoms with Gasteiger partial charge in [0.25, 0.3) is 0 Å². The molecule has 2 fully saturated rings. The fourth-order valence-electron chi connectivity index (χ4n) is 2.98. The average Bonchev–Trinajstić information content (AvgIpc) is 3.25. The number of rotatable bonds is 7. The molecule has 1 aliphatic heterocycles. The topological polar surface area (TPSA) is 79.5 Å². The first-order valence-corrected chi connectivity index (χ1v) is 10.5. The molecule has 2 aliphatic rings. The van der Waals surface area contributed by atoms with Crippen LogP contribution in [0.2, 0.25) is 0 Å². The van der Waals surface area contributed by atoms with Gasteiger partial charge in [0.15, 0.2) is 5.82 Å². The van der Waals surface area contributed by atoms with Crippen molar-refractivity contribution in [2.45, 2.75) is 38.1 Å². The van der Waals surface area contributed by atoms with Crippen molar-refractivity contribution < 1.29 is 12.9 Å². The zero-order valence-electron chi connectivity index (χ0n) is 13.8. The Kier molecular flexibility index (Phi) is 5.33. The van der Waals surface area contributed by atoms with Crippen LogP contribution in [-0.2, 0) is 16.4 Å². The number of hydrogen-bond donors (Lipinski definition) is 0. The molecule has 1 aromatic rings. The Bertz CT molecular complexity index is 612. The average molecular weight is 342 g/mol. The van der Waals surface area contributed by atoms with Crippen molar-refractivity contribution in [2.24, 2.45) is 0 Å². The Hall–Kier alpha value is -0.990. The highest BCUT2D eigenvalue weighted by Gasteiger charge is 2.29. The zero-order chi connectivity index (χ0) is 16.3. The summed E-state index contributed by atoms with van der Waals surface area (Å²) in [5, 5.41) is 4.09. The van der Waals surface area contributed by atoms with Crippen LogP contribution in [0.3, 0.4) is 0 Å². The fourth-order valence-corrected chi connectivity index (χ4v) is 3.64. The van der Waals surface area contributed by atoms with E-state index in [0.717, 1.165) is 57.4 Å². The van der Waals surface area contributed by atoms with E-state index in [1.807, 2.05) is 0 Å². The molecule has 1 saturated carbocycles. The molecule has 0 unspecified atom stereocenters. The zero-order valence-corrected chi connectivity index (χ0v) is 14.6. The highest BCUT2D eigenvalue weighted by Crippen LogP contribution is 2.38. The molecule has 1 aliphatic carbocycles. The Balaban J connectivity index is 1.42. The molecule has 0 spiro atoms. The van der Waals surface area contributed by atoms with Crippen LogP contribution in [0, 0.1) is 0 Å². The molecule has 0 N–H and O–H groups in total. The molecule has 0 aromatic carbocycles. The molecule has 8 heteroatoms. The summed E-state index contributed by atoms with van der Waals surface area (Å²) in [5.41, 5.74) is 0. The molecule has 23 heavy (non-hydrogen) atoms. The first kappa shape index (κ1) is 16.9. The SMILES string of the molecule is CS(=O)(=O)CCCN1CCCN(Cc2noc(C3CC3)n2)CC1. The molecular weight excluding hydrogens is 316 g/mol. The molecule has 130 valence electrons. The first-order valence-electron chi connectivity index (χ1n) is 8.44. The molecule has 7 nitrogen and oxygen atoms in total. The van der Waals surface area contributed by atoms with Crippen molar-refractivity contribution in [3.8, 4) is 0 Å². The second-order valence-corrected chi connectivity index (χ2v) is 9.04. The van der Waals surface area contributed by atoms with Crippen LogP contribution in [0.4, 0.5) is 0 Å². The summed E-state index contributed by atoms with van der Waals surface area (Å²) in [5.74, 6) is 2.38. The van der Waals surface area contributed by atoms with Gasteiger partial charge in [-0.05, 0) is 45.3 Å². The maximum atomic E-state index is 11.2. The Labute approximate surface area is 137 Å². The summed E-state index contributed by atoms with van der Waals surface area (Å²) in [6.45, 7) is 5.58. The molecule has 1 aromatic heterocycles. The van der Waals surface area contributed by atoms with Crippen molar-refractivity contribution >= 4 is 9.84 Å². The van der Waals surface area contributed by atoms with E-state index in [9.17, 15) is 8.42 Å². The van der Waals surface area contributed by atoms with Crippen molar-refractivity contribution in [3.05, 3.63) is 11.7 Å². The van der Waals surface area contributed by atoms with Gasteiger partial charge in [-0.3, -0.25) is 4.90 Å². The lowest BCUT2D eigenvalue weighted by Crippen LogP contribution is -2.32. The molecule has 0 amide bonds. The van der Waals surface area contributed by atoms with Crippen LogP contribution in [0.1, 0.15) is 43.3 Å². The van der Waals surface area contributed by atoms with Gasteiger partial charge in [-0.25, -0.2) is 8.42 Å². The maximum Gasteiger partial charge on any atom is 0.229 e. The second-order valence-electron chi connectivity index (χ2n) is 6.78. The third-order valence-corrected chi connectivity index (χ3v) is 5.48. The van der Waals surface area contributed by atoms with Gasteiger partial charge < -0.3 is 9.42 Å². The summed E-state index contributed by atoms with van der Waals surface area (Å²) in [4.78, 5) is 9.21. The number of sulfone groups is 1. The largest absolute Gasteiger partial charge is 0.339 e. The molecule has 2 heterocycles. The normalized spacial score (nSPS) is 21.4. The van der Waals surface area contributed by atoms with Gasteiger partial charge in [0.2, 0.25) is 5.89 Å². The number of aromatic nitrogens is 2. The van der Waals surface area contributed by atoms with Gasteiger partial charge in [0.1, 0.15) is 9.84 Å². The van der Waals surface area contributed by atoms with E-state index in [4.69, 9.17) is 4.52 Å². The molecule has 0 radical (unpaired) electrons. The fraction of sp³-hybridized carbons (Fsp3) is 0.867. The van der Waals surface area contributed by atoms with Crippen molar-refractivity contribution in [1.82, 2.24) is 19.9 Å². The molecular formula is C15H26N4O3S. The van der Waals surface area contributed by atoms with E-state index in [1.165, 1.54) is 19.1 Å². The lowest BCUT2D eigenvalue weighted by Gasteiger charge is -2.20. The monoisotopic (exact) mass is 342 g/mol. The highest BCUT2D eigenvalue weighted by molar-refractivity contribution is 7.90. The van der Waals surface area contributed by atoms with Gasteiger partial charge in [-0.15, -0.1) is 0 Å². The van der Waals surface area contributed by atoms with E-state index in [0.29, 0.717) is 12.3 Å². The predicted molar refractivity (Wildman–Crippen MR) is 86.9 cm³/mol. The third kappa shape index (κ3) is 5.54. The Morgan fingerprint density at radius 1 is 1.17 bits per heavy atom. The lowest BCUT2D eigenvalue weighted by molar-refractivity contribution is 0.245. The summed E-state index contributed by atoms with van der Waals surface area (Å²) in [6.07, 6.45) is 5.46. The summed E-state index contributed by atoms with van der Waals surface area (Å²) in [7, 11) is -2.85. The second kappa shape index (κ2) is 7.27. The van der Waals surface area contributed by atoms with Gasteiger partial charge in [-0.1, -0.05) is 5.16 Å². The van der Waals surface area contributed by atoms with Crippen molar-refractivity contribution in [1.29, 1.82) is 0 Å². The minimum atomic E-state index is -2.85. The smallest absolute Gasteiger partial charge is 0.229 e. The minimum Gasteiger partial charge on any atom is -0.339 e. The quantitative estimate of drug-likeness (QED) is 0.728. The predicted octanol–water partition coefficient (Wildman–Crippen LogP) is 0.889. The van der Waals surface area contributed by atoms with E-state index in [2.05, 4.69) is 19.9 Å². The molecule has 0 atom stereocenters. The van der Waals surface area contributed by atoms with Gasteiger partial charge in [0.05, 0.1) is 12.3 Å². The van der Waals surface area contributed by atoms with E-state index < -0.39 is 9.84 Å². The summed E-state index contributed by atoms with van der Waals surface area (Å²) >= 11 is 0. The third-order valence-electron chi connectivity index (χ3n) is 4.45. The van der Waals surface area contributed by atoms with Crippen LogP contribution >= 0.6 is 0 Å². The Morgan fingerprint density at radius 2 is 1.91 bits per heavy atom. The van der Waals surface area contributed by atoms with Crippen molar-refractivity contribution in [3.63, 3.8) is 0 Å². The summed E-state index contributed by atoms with van der Waals surface area (Å²) < 4.78 is 27.7. The van der Waals surface area contributed by atoms with Gasteiger partial charge >= 0.3 is 0 Å². The van der Waals surface area contributed by atoms with Crippen LogP contribution in [0.5, 0.6) is 0 Å². The van der Waals surface area contributed by atoms with Crippen LogP contribution in [0.25, 0.3) is 0 Å². The van der Waals surface area contributed by atoms with E-state index >= 15 is 0 Å². The Morgan fingerprint density at radius 3 is 2.65 bits per heavy atom. The highest BCUT2D eigenvalue weighted by atomic mass is 32.2. The molecule has 1 saturated heterocycles. The molecule has 3 rings (SSSR count). The van der Waals surface area contributed by atoms with Crippen LogP contribution in [0.15, 0.2) is 4.52 Å². The maximum absolute atomic E-state index is 11.2. The van der Waals surface area contributed by atoms with Gasteiger partial charge in [-0.2, -0.15) is 4.98 Å². The lowest BCUT2D eigenvalue weighted by atomic mass is 10.3. The first-order chi connectivity index (χ1) is 11.0. The minimum absolute atomic E-state index is 0.278. The molecule has 0 bridgehead atoms. The van der Waals surface area contributed by atoms with E-state index in [1.54, 1.807) is 0 Å². The standard InChI is InChI=1S/C15H26N4O3S/c1-23(20,21)11-3-8-18-6-2-7-19(10-9-18)12-14-16-15(22-17-14)13-4-5-13/h13H,2-12H2,1H3. The summed E-state index contributed by atoms with van der Waals surface area (Å²) in [6, 6.07) is 0. The van der Waals surface area contributed by atoms with Crippen molar-refractivity contribution in [2.75, 3.05) is 44.7 Å². The van der Waals surface area contributed by atoms with Crippen LogP contribution < -0.4 is 0 Å².